The molecule has 0 amide bonds. The van der Waals surface area contributed by atoms with Gasteiger partial charge in [0.15, 0.2) is 0 Å². The van der Waals surface area contributed by atoms with Crippen molar-refractivity contribution in [3.8, 4) is 0 Å². The Morgan fingerprint density at radius 2 is 1.90 bits per heavy atom. The van der Waals surface area contributed by atoms with Crippen LogP contribution in [0.1, 0.15) is 44.6 Å². The van der Waals surface area contributed by atoms with Crippen LogP contribution in [0.15, 0.2) is 24.3 Å². The van der Waals surface area contributed by atoms with Crippen LogP contribution in [0.25, 0.3) is 0 Å². The molecule has 0 aliphatic heterocycles. The summed E-state index contributed by atoms with van der Waals surface area (Å²) in [4.78, 5) is 14.0. The van der Waals surface area contributed by atoms with E-state index in [0.717, 1.165) is 32.2 Å². The predicted octanol–water partition coefficient (Wildman–Crippen LogP) is 3.86. The van der Waals surface area contributed by atoms with Gasteiger partial charge >= 0.3 is 5.97 Å². The fourth-order valence-corrected chi connectivity index (χ4v) is 3.32. The number of carboxylic acid groups (broad SMARTS) is 1. The first kappa shape index (κ1) is 14.9. The van der Waals surface area contributed by atoms with E-state index in [0.29, 0.717) is 6.54 Å². The minimum absolute atomic E-state index is 0.559. The zero-order valence-electron chi connectivity index (χ0n) is 12.6. The number of aryl methyl sites for hydroxylation is 1. The van der Waals surface area contributed by atoms with Crippen LogP contribution >= 0.6 is 0 Å². The third-order valence-electron chi connectivity index (χ3n) is 4.60. The van der Waals surface area contributed by atoms with Crippen LogP contribution in [-0.2, 0) is 4.79 Å². The van der Waals surface area contributed by atoms with Crippen molar-refractivity contribution in [1.29, 1.82) is 0 Å². The molecule has 3 heteroatoms. The van der Waals surface area contributed by atoms with Crippen LogP contribution in [0.4, 0.5) is 5.69 Å². The van der Waals surface area contributed by atoms with Crippen molar-refractivity contribution in [2.45, 2.75) is 46.0 Å². The number of hydrogen-bond donors (Lipinski definition) is 1. The van der Waals surface area contributed by atoms with Gasteiger partial charge in [-0.05, 0) is 38.3 Å². The first-order valence-corrected chi connectivity index (χ1v) is 7.63. The summed E-state index contributed by atoms with van der Waals surface area (Å²) in [6.45, 7) is 5.67. The van der Waals surface area contributed by atoms with Crippen molar-refractivity contribution in [2.75, 3.05) is 18.0 Å². The van der Waals surface area contributed by atoms with Crippen LogP contribution in [0.5, 0.6) is 0 Å². The number of anilines is 1. The maximum Gasteiger partial charge on any atom is 0.311 e. The minimum Gasteiger partial charge on any atom is -0.481 e. The number of carbonyl (C=O) groups is 1. The average molecular weight is 275 g/mol. The molecule has 2 rings (SSSR count). The van der Waals surface area contributed by atoms with E-state index in [9.17, 15) is 9.90 Å². The molecule has 110 valence electrons. The highest BCUT2D eigenvalue weighted by atomic mass is 16.4. The first-order valence-electron chi connectivity index (χ1n) is 7.63. The van der Waals surface area contributed by atoms with Crippen LogP contribution in [0.2, 0.25) is 0 Å². The van der Waals surface area contributed by atoms with Gasteiger partial charge in [0.1, 0.15) is 0 Å². The third kappa shape index (κ3) is 2.97. The summed E-state index contributed by atoms with van der Waals surface area (Å²) >= 11 is 0. The molecule has 0 saturated heterocycles. The van der Waals surface area contributed by atoms with Gasteiger partial charge < -0.3 is 10.0 Å². The molecule has 1 saturated carbocycles. The van der Waals surface area contributed by atoms with Gasteiger partial charge in [0.25, 0.3) is 0 Å². The summed E-state index contributed by atoms with van der Waals surface area (Å²) in [5.41, 5.74) is 1.82. The van der Waals surface area contributed by atoms with Crippen LogP contribution < -0.4 is 4.90 Å². The Kier molecular flexibility index (Phi) is 4.69. The lowest BCUT2D eigenvalue weighted by atomic mass is 9.73. The van der Waals surface area contributed by atoms with Gasteiger partial charge in [-0.1, -0.05) is 37.5 Å². The molecule has 0 heterocycles. The summed E-state index contributed by atoms with van der Waals surface area (Å²) in [5, 5.41) is 9.72. The fraction of sp³-hybridized carbons (Fsp3) is 0.588. The molecule has 0 aromatic heterocycles. The van der Waals surface area contributed by atoms with Crippen molar-refractivity contribution in [1.82, 2.24) is 0 Å². The molecule has 1 aliphatic carbocycles. The molecule has 0 spiro atoms. The number of benzene rings is 1. The Morgan fingerprint density at radius 1 is 1.25 bits per heavy atom. The molecule has 0 bridgehead atoms. The second kappa shape index (κ2) is 6.29. The molecule has 1 fully saturated rings. The van der Waals surface area contributed by atoms with Crippen LogP contribution in [-0.4, -0.2) is 24.2 Å². The van der Waals surface area contributed by atoms with Crippen molar-refractivity contribution in [3.63, 3.8) is 0 Å². The number of carboxylic acids is 1. The maximum atomic E-state index is 11.8. The molecule has 1 N–H and O–H groups in total. The molecule has 3 nitrogen and oxygen atoms in total. The van der Waals surface area contributed by atoms with Gasteiger partial charge in [0.05, 0.1) is 5.41 Å². The van der Waals surface area contributed by atoms with E-state index in [1.807, 2.05) is 12.1 Å². The molecule has 1 aromatic rings. The summed E-state index contributed by atoms with van der Waals surface area (Å²) in [7, 11) is 0. The zero-order chi connectivity index (χ0) is 14.6. The quantitative estimate of drug-likeness (QED) is 0.887. The van der Waals surface area contributed by atoms with Crippen LogP contribution in [0, 0.1) is 12.3 Å². The molecule has 0 atom stereocenters. The number of para-hydroxylation sites is 1. The van der Waals surface area contributed by atoms with E-state index in [2.05, 4.69) is 30.9 Å². The van der Waals surface area contributed by atoms with E-state index < -0.39 is 11.4 Å². The van der Waals surface area contributed by atoms with Gasteiger partial charge in [-0.25, -0.2) is 0 Å². The Labute approximate surface area is 121 Å². The molecule has 20 heavy (non-hydrogen) atoms. The second-order valence-electron chi connectivity index (χ2n) is 5.95. The smallest absolute Gasteiger partial charge is 0.311 e. The van der Waals surface area contributed by atoms with Gasteiger partial charge in [0.2, 0.25) is 0 Å². The van der Waals surface area contributed by atoms with E-state index in [-0.39, 0.29) is 0 Å². The Bertz CT molecular complexity index is 464. The average Bonchev–Trinajstić information content (AvgIpc) is 2.46. The van der Waals surface area contributed by atoms with Crippen molar-refractivity contribution in [3.05, 3.63) is 29.8 Å². The van der Waals surface area contributed by atoms with Crippen molar-refractivity contribution < 1.29 is 9.90 Å². The highest BCUT2D eigenvalue weighted by molar-refractivity contribution is 5.76. The zero-order valence-corrected chi connectivity index (χ0v) is 12.6. The lowest BCUT2D eigenvalue weighted by Gasteiger charge is -2.38. The Hall–Kier alpha value is -1.51. The van der Waals surface area contributed by atoms with Gasteiger partial charge in [-0.15, -0.1) is 0 Å². The molecule has 0 radical (unpaired) electrons. The van der Waals surface area contributed by atoms with E-state index in [1.54, 1.807) is 0 Å². The number of rotatable bonds is 5. The third-order valence-corrected chi connectivity index (χ3v) is 4.60. The summed E-state index contributed by atoms with van der Waals surface area (Å²) in [6.07, 6.45) is 4.87. The largest absolute Gasteiger partial charge is 0.481 e. The van der Waals surface area contributed by atoms with E-state index in [1.165, 1.54) is 17.7 Å². The predicted molar refractivity (Wildman–Crippen MR) is 82.2 cm³/mol. The maximum absolute atomic E-state index is 11.8. The summed E-state index contributed by atoms with van der Waals surface area (Å²) < 4.78 is 0. The Balaban J connectivity index is 2.24. The number of hydrogen-bond acceptors (Lipinski definition) is 2. The van der Waals surface area contributed by atoms with Crippen LogP contribution in [0.3, 0.4) is 0 Å². The van der Waals surface area contributed by atoms with Crippen molar-refractivity contribution >= 4 is 11.7 Å². The number of aliphatic carboxylic acids is 1. The number of nitrogens with zero attached hydrogens (tertiary/aromatic N) is 1. The molecule has 1 aliphatic rings. The lowest BCUT2D eigenvalue weighted by Crippen LogP contribution is -2.44. The first-order chi connectivity index (χ1) is 9.59. The van der Waals surface area contributed by atoms with E-state index >= 15 is 0 Å². The molecular weight excluding hydrogens is 250 g/mol. The fourth-order valence-electron chi connectivity index (χ4n) is 3.32. The van der Waals surface area contributed by atoms with Gasteiger partial charge in [-0.2, -0.15) is 0 Å². The standard InChI is InChI=1S/C17H25NO2/c1-3-18(15-10-6-5-9-14(15)2)13-17(16(19)20)11-7-4-8-12-17/h5-6,9-10H,3-4,7-8,11-13H2,1-2H3,(H,19,20). The second-order valence-corrected chi connectivity index (χ2v) is 5.95. The lowest BCUT2D eigenvalue weighted by molar-refractivity contribution is -0.150. The molecule has 0 unspecified atom stereocenters. The molecular formula is C17H25NO2. The Morgan fingerprint density at radius 3 is 2.45 bits per heavy atom. The monoisotopic (exact) mass is 275 g/mol. The highest BCUT2D eigenvalue weighted by Gasteiger charge is 2.41. The summed E-state index contributed by atoms with van der Waals surface area (Å²) in [6, 6.07) is 8.24. The SMILES string of the molecule is CCN(CC1(C(=O)O)CCCCC1)c1ccccc1C. The highest BCUT2D eigenvalue weighted by Crippen LogP contribution is 2.38. The van der Waals surface area contributed by atoms with Crippen molar-refractivity contribution in [2.24, 2.45) is 5.41 Å². The van der Waals surface area contributed by atoms with E-state index in [4.69, 9.17) is 0 Å². The van der Waals surface area contributed by atoms with Gasteiger partial charge in [0, 0.05) is 18.8 Å². The minimum atomic E-state index is -0.621. The molecule has 1 aromatic carbocycles. The summed E-state index contributed by atoms with van der Waals surface area (Å²) in [5.74, 6) is -0.621. The topological polar surface area (TPSA) is 40.5 Å². The van der Waals surface area contributed by atoms with Gasteiger partial charge in [-0.3, -0.25) is 4.79 Å². The normalized spacial score (nSPS) is 17.7.